The standard InChI is InChI=1S/C25H28N2O2/c1-5-16-29-20-9-7-19(8-10-20)12-14-25-24(3,4)21-17-18(2)6-11-22(21)27(25)15-13-23(28)26-25/h5-12,14,17H,1,13,15-16H2,2-4H3,(H,26,28)/b14-12+/t25-/m1/s1. The molecule has 2 heterocycles. The van der Waals surface area contributed by atoms with Crippen LogP contribution in [0, 0.1) is 6.92 Å². The van der Waals surface area contributed by atoms with E-state index in [1.807, 2.05) is 24.3 Å². The molecule has 0 aliphatic carbocycles. The summed E-state index contributed by atoms with van der Waals surface area (Å²) < 4.78 is 5.57. The molecule has 4 rings (SSSR count). The lowest BCUT2D eigenvalue weighted by atomic mass is 9.74. The SMILES string of the molecule is C=CCOc1ccc(/C=C/[C@@]23NC(=O)CCN2c2ccc(C)cc2C3(C)C)cc1. The van der Waals surface area contributed by atoms with Crippen LogP contribution in [0.3, 0.4) is 0 Å². The van der Waals surface area contributed by atoms with Gasteiger partial charge in [-0.05, 0) is 42.3 Å². The summed E-state index contributed by atoms with van der Waals surface area (Å²) in [5, 5.41) is 3.32. The molecule has 0 unspecified atom stereocenters. The molecule has 150 valence electrons. The first-order valence-electron chi connectivity index (χ1n) is 10.1. The van der Waals surface area contributed by atoms with Gasteiger partial charge in [0.2, 0.25) is 5.91 Å². The molecule has 0 saturated carbocycles. The molecule has 2 aliphatic heterocycles. The summed E-state index contributed by atoms with van der Waals surface area (Å²) in [7, 11) is 0. The summed E-state index contributed by atoms with van der Waals surface area (Å²) >= 11 is 0. The zero-order valence-corrected chi connectivity index (χ0v) is 17.4. The molecule has 0 aromatic heterocycles. The van der Waals surface area contributed by atoms with Gasteiger partial charge >= 0.3 is 0 Å². The molecule has 2 aliphatic rings. The van der Waals surface area contributed by atoms with Gasteiger partial charge in [0.15, 0.2) is 0 Å². The number of carbonyl (C=O) groups is 1. The molecule has 0 radical (unpaired) electrons. The number of amides is 1. The molecule has 0 spiro atoms. The maximum absolute atomic E-state index is 12.5. The van der Waals surface area contributed by atoms with Gasteiger partial charge in [0.05, 0.1) is 0 Å². The molecular weight excluding hydrogens is 360 g/mol. The molecule has 4 heteroatoms. The highest BCUT2D eigenvalue weighted by Gasteiger charge is 2.57. The molecule has 2 aromatic rings. The number of hydrogen-bond acceptors (Lipinski definition) is 3. The molecule has 1 amide bonds. The third-order valence-electron chi connectivity index (χ3n) is 6.15. The first-order valence-corrected chi connectivity index (χ1v) is 10.1. The average Bonchev–Trinajstić information content (AvgIpc) is 2.89. The fourth-order valence-electron chi connectivity index (χ4n) is 4.51. The number of carbonyl (C=O) groups excluding carboxylic acids is 1. The normalized spacial score (nSPS) is 22.2. The third kappa shape index (κ3) is 3.13. The smallest absolute Gasteiger partial charge is 0.223 e. The first-order chi connectivity index (χ1) is 13.9. The summed E-state index contributed by atoms with van der Waals surface area (Å²) in [6.45, 7) is 11.4. The van der Waals surface area contributed by atoms with Crippen molar-refractivity contribution in [2.75, 3.05) is 18.1 Å². The van der Waals surface area contributed by atoms with Crippen LogP contribution in [-0.2, 0) is 10.2 Å². The van der Waals surface area contributed by atoms with Crippen LogP contribution >= 0.6 is 0 Å². The van der Waals surface area contributed by atoms with Crippen molar-refractivity contribution in [2.24, 2.45) is 0 Å². The number of hydrogen-bond donors (Lipinski definition) is 1. The number of nitrogens with one attached hydrogen (secondary N) is 1. The van der Waals surface area contributed by atoms with Gasteiger partial charge in [-0.1, -0.05) is 62.4 Å². The number of nitrogens with zero attached hydrogens (tertiary/aromatic N) is 1. The zero-order chi connectivity index (χ0) is 20.6. The molecule has 0 bridgehead atoms. The molecular formula is C25H28N2O2. The second-order valence-electron chi connectivity index (χ2n) is 8.36. The molecule has 1 atom stereocenters. The predicted octanol–water partition coefficient (Wildman–Crippen LogP) is 4.59. The van der Waals surface area contributed by atoms with Crippen LogP contribution < -0.4 is 15.0 Å². The van der Waals surface area contributed by atoms with Gasteiger partial charge in [-0.3, -0.25) is 4.79 Å². The highest BCUT2D eigenvalue weighted by atomic mass is 16.5. The van der Waals surface area contributed by atoms with Crippen LogP contribution in [0.15, 0.2) is 61.2 Å². The van der Waals surface area contributed by atoms with Crippen molar-refractivity contribution in [3.05, 3.63) is 77.9 Å². The second kappa shape index (κ2) is 7.11. The number of ether oxygens (including phenoxy) is 1. The van der Waals surface area contributed by atoms with Gasteiger partial charge in [-0.15, -0.1) is 0 Å². The average molecular weight is 389 g/mol. The fraction of sp³-hybridized carbons (Fsp3) is 0.320. The molecule has 1 N–H and O–H groups in total. The van der Waals surface area contributed by atoms with Crippen LogP contribution in [0.1, 0.15) is 37.0 Å². The summed E-state index contributed by atoms with van der Waals surface area (Å²) in [6.07, 6.45) is 6.48. The van der Waals surface area contributed by atoms with Gasteiger partial charge < -0.3 is 15.0 Å². The number of benzene rings is 2. The summed E-state index contributed by atoms with van der Waals surface area (Å²) in [5.41, 5.74) is 3.92. The first kappa shape index (κ1) is 19.3. The van der Waals surface area contributed by atoms with E-state index in [1.54, 1.807) is 6.08 Å². The van der Waals surface area contributed by atoms with E-state index in [2.05, 4.69) is 67.9 Å². The lowest BCUT2D eigenvalue weighted by Crippen LogP contribution is -2.68. The van der Waals surface area contributed by atoms with Crippen LogP contribution in [0.5, 0.6) is 5.75 Å². The largest absolute Gasteiger partial charge is 0.490 e. The third-order valence-corrected chi connectivity index (χ3v) is 6.15. The summed E-state index contributed by atoms with van der Waals surface area (Å²) in [4.78, 5) is 14.8. The quantitative estimate of drug-likeness (QED) is 0.762. The second-order valence-corrected chi connectivity index (χ2v) is 8.36. The van der Waals surface area contributed by atoms with Crippen molar-refractivity contribution in [1.82, 2.24) is 5.32 Å². The van der Waals surface area contributed by atoms with E-state index in [1.165, 1.54) is 16.8 Å². The molecule has 1 saturated heterocycles. The van der Waals surface area contributed by atoms with Crippen molar-refractivity contribution in [3.63, 3.8) is 0 Å². The lowest BCUT2D eigenvalue weighted by Gasteiger charge is -2.49. The van der Waals surface area contributed by atoms with E-state index >= 15 is 0 Å². The maximum atomic E-state index is 12.5. The Morgan fingerprint density at radius 3 is 2.69 bits per heavy atom. The maximum Gasteiger partial charge on any atom is 0.223 e. The predicted molar refractivity (Wildman–Crippen MR) is 118 cm³/mol. The van der Waals surface area contributed by atoms with Crippen molar-refractivity contribution < 1.29 is 9.53 Å². The van der Waals surface area contributed by atoms with E-state index < -0.39 is 5.66 Å². The number of anilines is 1. The van der Waals surface area contributed by atoms with Gasteiger partial charge in [0.1, 0.15) is 18.0 Å². The Morgan fingerprint density at radius 2 is 1.97 bits per heavy atom. The Balaban J connectivity index is 1.72. The van der Waals surface area contributed by atoms with Crippen LogP contribution in [0.25, 0.3) is 6.08 Å². The van der Waals surface area contributed by atoms with Crippen molar-refractivity contribution in [2.45, 2.75) is 38.3 Å². The van der Waals surface area contributed by atoms with Crippen molar-refractivity contribution >= 4 is 17.7 Å². The minimum absolute atomic E-state index is 0.0941. The van der Waals surface area contributed by atoms with Crippen LogP contribution in [0.2, 0.25) is 0 Å². The Labute approximate surface area is 172 Å². The van der Waals surface area contributed by atoms with Gasteiger partial charge in [-0.25, -0.2) is 0 Å². The van der Waals surface area contributed by atoms with Crippen molar-refractivity contribution in [1.29, 1.82) is 0 Å². The van der Waals surface area contributed by atoms with Crippen molar-refractivity contribution in [3.8, 4) is 5.75 Å². The minimum atomic E-state index is -0.587. The molecule has 2 aromatic carbocycles. The summed E-state index contributed by atoms with van der Waals surface area (Å²) in [5.74, 6) is 0.911. The van der Waals surface area contributed by atoms with Gasteiger partial charge in [0, 0.05) is 24.1 Å². The topological polar surface area (TPSA) is 41.6 Å². The number of fused-ring (bicyclic) bond motifs is 3. The van der Waals surface area contributed by atoms with E-state index in [9.17, 15) is 4.79 Å². The molecule has 29 heavy (non-hydrogen) atoms. The lowest BCUT2D eigenvalue weighted by molar-refractivity contribution is -0.124. The fourth-order valence-corrected chi connectivity index (χ4v) is 4.51. The Hall–Kier alpha value is -3.01. The van der Waals surface area contributed by atoms with Gasteiger partial charge in [-0.2, -0.15) is 0 Å². The van der Waals surface area contributed by atoms with E-state index in [4.69, 9.17) is 4.74 Å². The number of rotatable bonds is 5. The number of aryl methyl sites for hydroxylation is 1. The minimum Gasteiger partial charge on any atom is -0.490 e. The van der Waals surface area contributed by atoms with E-state index in [0.29, 0.717) is 19.6 Å². The monoisotopic (exact) mass is 388 g/mol. The van der Waals surface area contributed by atoms with E-state index in [0.717, 1.165) is 11.3 Å². The molecule has 1 fully saturated rings. The summed E-state index contributed by atoms with van der Waals surface area (Å²) in [6, 6.07) is 14.5. The Morgan fingerprint density at radius 1 is 1.21 bits per heavy atom. The molecule has 4 nitrogen and oxygen atoms in total. The van der Waals surface area contributed by atoms with E-state index in [-0.39, 0.29) is 11.3 Å². The highest BCUT2D eigenvalue weighted by Crippen LogP contribution is 2.52. The van der Waals surface area contributed by atoms with Gasteiger partial charge in [0.25, 0.3) is 0 Å². The van der Waals surface area contributed by atoms with Crippen LogP contribution in [0.4, 0.5) is 5.69 Å². The van der Waals surface area contributed by atoms with Crippen LogP contribution in [-0.4, -0.2) is 24.7 Å². The zero-order valence-electron chi connectivity index (χ0n) is 17.4. The Kier molecular flexibility index (Phi) is 4.73. The highest BCUT2D eigenvalue weighted by molar-refractivity contribution is 5.84. The Bertz CT molecular complexity index is 975.